The molecule has 110 valence electrons. The third-order valence-electron chi connectivity index (χ3n) is 3.21. The molecular weight excluding hydrogens is 274 g/mol. The van der Waals surface area contributed by atoms with Gasteiger partial charge in [-0.25, -0.2) is 8.78 Å². The molecule has 0 aliphatic heterocycles. The number of carbonyl (C=O) groups is 1. The molecule has 0 heterocycles. The predicted octanol–water partition coefficient (Wildman–Crippen LogP) is 3.13. The van der Waals surface area contributed by atoms with Crippen molar-refractivity contribution in [3.63, 3.8) is 0 Å². The number of carbonyl (C=O) groups excluding carboxylic acids is 1. The molecule has 2 aromatic rings. The Balaban J connectivity index is 2.17. The third kappa shape index (κ3) is 3.37. The number of amides is 1. The van der Waals surface area contributed by atoms with E-state index in [0.717, 1.165) is 23.3 Å². The molecule has 3 nitrogen and oxygen atoms in total. The molecule has 2 rings (SSSR count). The molecule has 0 aliphatic rings. The maximum Gasteiger partial charge on any atom is 0.254 e. The fraction of sp³-hybridized carbons (Fsp3) is 0.188. The van der Waals surface area contributed by atoms with E-state index in [1.807, 2.05) is 31.2 Å². The summed E-state index contributed by atoms with van der Waals surface area (Å²) in [5.74, 6) is -2.32. The van der Waals surface area contributed by atoms with Crippen molar-refractivity contribution in [2.24, 2.45) is 0 Å². The monoisotopic (exact) mass is 290 g/mol. The standard InChI is InChI=1S/C16H16F2N2O/c1-10-3-5-11(6-4-10)9-20(2)16(21)12-7-13(17)15(19)14(18)8-12/h3-8H,9,19H2,1-2H3. The lowest BCUT2D eigenvalue weighted by Gasteiger charge is -2.18. The molecule has 0 radical (unpaired) electrons. The normalized spacial score (nSPS) is 10.5. The second kappa shape index (κ2) is 5.91. The molecule has 1 amide bonds. The van der Waals surface area contributed by atoms with Crippen LogP contribution in [0.5, 0.6) is 0 Å². The molecule has 5 heteroatoms. The van der Waals surface area contributed by atoms with E-state index >= 15 is 0 Å². The van der Waals surface area contributed by atoms with Gasteiger partial charge in [-0.3, -0.25) is 4.79 Å². The van der Waals surface area contributed by atoms with Gasteiger partial charge in [-0.15, -0.1) is 0 Å². The van der Waals surface area contributed by atoms with E-state index in [2.05, 4.69) is 0 Å². The van der Waals surface area contributed by atoms with E-state index in [1.54, 1.807) is 7.05 Å². The number of nitrogen functional groups attached to an aromatic ring is 1. The number of nitrogens with two attached hydrogens (primary N) is 1. The van der Waals surface area contributed by atoms with Gasteiger partial charge in [-0.1, -0.05) is 29.8 Å². The van der Waals surface area contributed by atoms with Gasteiger partial charge >= 0.3 is 0 Å². The zero-order valence-corrected chi connectivity index (χ0v) is 11.9. The quantitative estimate of drug-likeness (QED) is 0.883. The van der Waals surface area contributed by atoms with Crippen LogP contribution in [-0.4, -0.2) is 17.9 Å². The van der Waals surface area contributed by atoms with E-state index in [0.29, 0.717) is 6.54 Å². The highest BCUT2D eigenvalue weighted by atomic mass is 19.1. The molecule has 0 saturated carbocycles. The second-order valence-electron chi connectivity index (χ2n) is 5.00. The van der Waals surface area contributed by atoms with Crippen LogP contribution in [0.4, 0.5) is 14.5 Å². The molecule has 0 fully saturated rings. The van der Waals surface area contributed by atoms with E-state index in [-0.39, 0.29) is 5.56 Å². The number of hydrogen-bond acceptors (Lipinski definition) is 2. The first-order valence-electron chi connectivity index (χ1n) is 6.44. The van der Waals surface area contributed by atoms with Crippen LogP contribution in [0.1, 0.15) is 21.5 Å². The van der Waals surface area contributed by atoms with Crippen molar-refractivity contribution in [1.82, 2.24) is 4.90 Å². The Morgan fingerprint density at radius 2 is 1.67 bits per heavy atom. The fourth-order valence-electron chi connectivity index (χ4n) is 1.97. The topological polar surface area (TPSA) is 46.3 Å². The number of halogens is 2. The lowest BCUT2D eigenvalue weighted by Crippen LogP contribution is -2.26. The summed E-state index contributed by atoms with van der Waals surface area (Å²) in [5, 5.41) is 0. The highest BCUT2D eigenvalue weighted by Crippen LogP contribution is 2.18. The molecule has 0 saturated heterocycles. The van der Waals surface area contributed by atoms with Gasteiger partial charge in [0.15, 0.2) is 0 Å². The van der Waals surface area contributed by atoms with Crippen molar-refractivity contribution in [1.29, 1.82) is 0 Å². The number of hydrogen-bond donors (Lipinski definition) is 1. The van der Waals surface area contributed by atoms with Gasteiger partial charge in [0.1, 0.15) is 17.3 Å². The molecule has 0 atom stereocenters. The van der Waals surface area contributed by atoms with E-state index in [1.165, 1.54) is 4.90 Å². The molecule has 0 aliphatic carbocycles. The highest BCUT2D eigenvalue weighted by molar-refractivity contribution is 5.94. The van der Waals surface area contributed by atoms with Crippen molar-refractivity contribution in [3.05, 3.63) is 64.7 Å². The van der Waals surface area contributed by atoms with Crippen molar-refractivity contribution in [2.75, 3.05) is 12.8 Å². The van der Waals surface area contributed by atoms with Gasteiger partial charge in [0.25, 0.3) is 5.91 Å². The van der Waals surface area contributed by atoms with Crippen LogP contribution in [0, 0.1) is 18.6 Å². The van der Waals surface area contributed by atoms with Crippen LogP contribution in [0.25, 0.3) is 0 Å². The first-order chi connectivity index (χ1) is 9.88. The summed E-state index contributed by atoms with van der Waals surface area (Å²) in [4.78, 5) is 13.6. The minimum absolute atomic E-state index is 0.0613. The predicted molar refractivity (Wildman–Crippen MR) is 77.7 cm³/mol. The maximum atomic E-state index is 13.4. The summed E-state index contributed by atoms with van der Waals surface area (Å²) in [5.41, 5.74) is 6.61. The van der Waals surface area contributed by atoms with Gasteiger partial charge in [0.2, 0.25) is 0 Å². The highest BCUT2D eigenvalue weighted by Gasteiger charge is 2.16. The Morgan fingerprint density at radius 1 is 1.14 bits per heavy atom. The molecule has 0 unspecified atom stereocenters. The summed E-state index contributed by atoms with van der Waals surface area (Å²) in [6.07, 6.45) is 0. The van der Waals surface area contributed by atoms with Crippen molar-refractivity contribution in [3.8, 4) is 0 Å². The Bertz CT molecular complexity index is 645. The molecule has 0 aromatic heterocycles. The van der Waals surface area contributed by atoms with E-state index in [9.17, 15) is 13.6 Å². The van der Waals surface area contributed by atoms with Crippen LogP contribution in [-0.2, 0) is 6.54 Å². The Morgan fingerprint density at radius 3 is 2.19 bits per heavy atom. The van der Waals surface area contributed by atoms with Crippen molar-refractivity contribution in [2.45, 2.75) is 13.5 Å². The number of anilines is 1. The van der Waals surface area contributed by atoms with Gasteiger partial charge in [-0.05, 0) is 24.6 Å². The molecule has 0 spiro atoms. The maximum absolute atomic E-state index is 13.4. The Hall–Kier alpha value is -2.43. The van der Waals surface area contributed by atoms with Gasteiger partial charge in [0.05, 0.1) is 0 Å². The summed E-state index contributed by atoms with van der Waals surface area (Å²) in [6, 6.07) is 9.59. The van der Waals surface area contributed by atoms with Crippen LogP contribution in [0.3, 0.4) is 0 Å². The molecule has 2 N–H and O–H groups in total. The van der Waals surface area contributed by atoms with Gasteiger partial charge in [-0.2, -0.15) is 0 Å². The smallest absolute Gasteiger partial charge is 0.254 e. The van der Waals surface area contributed by atoms with E-state index in [4.69, 9.17) is 5.73 Å². The van der Waals surface area contributed by atoms with Gasteiger partial charge < -0.3 is 10.6 Å². The summed E-state index contributed by atoms with van der Waals surface area (Å²) in [7, 11) is 1.58. The van der Waals surface area contributed by atoms with Crippen LogP contribution in [0.15, 0.2) is 36.4 Å². The molecule has 0 bridgehead atoms. The summed E-state index contributed by atoms with van der Waals surface area (Å²) in [6.45, 7) is 2.32. The second-order valence-corrected chi connectivity index (χ2v) is 5.00. The van der Waals surface area contributed by atoms with Crippen molar-refractivity contribution < 1.29 is 13.6 Å². The SMILES string of the molecule is Cc1ccc(CN(C)C(=O)c2cc(F)c(N)c(F)c2)cc1. The third-order valence-corrected chi connectivity index (χ3v) is 3.21. The Labute approximate surface area is 122 Å². The zero-order chi connectivity index (χ0) is 15.6. The van der Waals surface area contributed by atoms with Crippen LogP contribution in [0.2, 0.25) is 0 Å². The van der Waals surface area contributed by atoms with Crippen LogP contribution < -0.4 is 5.73 Å². The van der Waals surface area contributed by atoms with Crippen LogP contribution >= 0.6 is 0 Å². The molecule has 2 aromatic carbocycles. The first-order valence-corrected chi connectivity index (χ1v) is 6.44. The number of benzene rings is 2. The number of aryl methyl sites for hydroxylation is 1. The number of rotatable bonds is 3. The minimum atomic E-state index is -0.929. The fourth-order valence-corrected chi connectivity index (χ4v) is 1.97. The lowest BCUT2D eigenvalue weighted by atomic mass is 10.1. The minimum Gasteiger partial charge on any atom is -0.394 e. The zero-order valence-electron chi connectivity index (χ0n) is 11.9. The van der Waals surface area contributed by atoms with E-state index < -0.39 is 23.2 Å². The molecule has 21 heavy (non-hydrogen) atoms. The average Bonchev–Trinajstić information content (AvgIpc) is 2.45. The molecular formula is C16H16F2N2O. The Kier molecular flexibility index (Phi) is 4.21. The van der Waals surface area contributed by atoms with Gasteiger partial charge in [0, 0.05) is 19.2 Å². The lowest BCUT2D eigenvalue weighted by molar-refractivity contribution is 0.0784. The summed E-state index contributed by atoms with van der Waals surface area (Å²) >= 11 is 0. The van der Waals surface area contributed by atoms with Crippen molar-refractivity contribution >= 4 is 11.6 Å². The summed E-state index contributed by atoms with van der Waals surface area (Å²) < 4.78 is 26.8. The first kappa shape index (κ1) is 15.0. The number of nitrogens with zero attached hydrogens (tertiary/aromatic N) is 1. The average molecular weight is 290 g/mol. The largest absolute Gasteiger partial charge is 0.394 e.